The first-order chi connectivity index (χ1) is 30.0. The van der Waals surface area contributed by atoms with Gasteiger partial charge < -0.3 is 27.9 Å². The van der Waals surface area contributed by atoms with Crippen molar-refractivity contribution in [2.24, 2.45) is 0 Å². The molecule has 0 heterocycles. The molecular formula is C52H94NO8P. The average Bonchev–Trinajstić information content (AvgIpc) is 3.23. The summed E-state index contributed by atoms with van der Waals surface area (Å²) >= 11 is 0. The first kappa shape index (κ1) is 59.7. The number of quaternary nitrogens is 1. The molecule has 0 rings (SSSR count). The fourth-order valence-corrected chi connectivity index (χ4v) is 7.31. The van der Waals surface area contributed by atoms with E-state index in [-0.39, 0.29) is 26.1 Å². The topological polar surface area (TPSA) is 111 Å². The fraction of sp³-hybridized carbons (Fsp3) is 0.769. The van der Waals surface area contributed by atoms with Crippen molar-refractivity contribution in [1.82, 2.24) is 0 Å². The van der Waals surface area contributed by atoms with E-state index in [4.69, 9.17) is 18.5 Å². The molecule has 360 valence electrons. The minimum absolute atomic E-state index is 0.0428. The molecule has 1 unspecified atom stereocenters. The highest BCUT2D eigenvalue weighted by atomic mass is 31.2. The van der Waals surface area contributed by atoms with E-state index in [2.05, 4.69) is 68.5 Å². The molecule has 0 aromatic heterocycles. The molecule has 0 amide bonds. The van der Waals surface area contributed by atoms with Crippen LogP contribution in [-0.4, -0.2) is 70.0 Å². The summed E-state index contributed by atoms with van der Waals surface area (Å²) in [6.45, 7) is 4.14. The Labute approximate surface area is 381 Å². The second-order valence-corrected chi connectivity index (χ2v) is 19.2. The summed E-state index contributed by atoms with van der Waals surface area (Å²) in [7, 11) is 1.13. The first-order valence-electron chi connectivity index (χ1n) is 25.0. The molecule has 0 N–H and O–H groups in total. The van der Waals surface area contributed by atoms with Crippen molar-refractivity contribution < 1.29 is 42.1 Å². The minimum atomic E-state index is -4.65. The molecule has 0 saturated heterocycles. The predicted molar refractivity (Wildman–Crippen MR) is 259 cm³/mol. The van der Waals surface area contributed by atoms with Gasteiger partial charge in [0.25, 0.3) is 7.82 Å². The highest BCUT2D eigenvalue weighted by Crippen LogP contribution is 2.38. The second-order valence-electron chi connectivity index (χ2n) is 17.8. The fourth-order valence-electron chi connectivity index (χ4n) is 6.58. The van der Waals surface area contributed by atoms with E-state index in [0.29, 0.717) is 23.9 Å². The van der Waals surface area contributed by atoms with Crippen LogP contribution >= 0.6 is 7.82 Å². The number of rotatable bonds is 45. The summed E-state index contributed by atoms with van der Waals surface area (Å²) in [6.07, 6.45) is 54.0. The Hall–Kier alpha value is -2.29. The summed E-state index contributed by atoms with van der Waals surface area (Å²) in [5.41, 5.74) is 0. The van der Waals surface area contributed by atoms with Gasteiger partial charge >= 0.3 is 11.9 Å². The van der Waals surface area contributed by atoms with Crippen molar-refractivity contribution in [2.45, 2.75) is 213 Å². The second kappa shape index (κ2) is 43.9. The number of phosphoric ester groups is 1. The van der Waals surface area contributed by atoms with Crippen LogP contribution in [0.15, 0.2) is 60.8 Å². The molecule has 2 atom stereocenters. The highest BCUT2D eigenvalue weighted by molar-refractivity contribution is 7.45. The molecule has 0 bridgehead atoms. The van der Waals surface area contributed by atoms with Crippen molar-refractivity contribution in [2.75, 3.05) is 47.5 Å². The standard InChI is InChI=1S/C52H94NO8P/c1-6-8-10-12-14-16-18-20-22-24-25-26-27-29-30-32-34-36-38-40-42-44-51(54)58-48-50(49-60-62(56,57)59-47-46-53(3,4)5)61-52(55)45-43-41-39-37-35-33-31-28-23-21-19-17-15-13-11-9-7-2/h15,17,20-23,31,33,37,39,50H,6-14,16,18-19,24-30,32,34-36,38,40-49H2,1-5H3/b17-15-,22-20-,23-21-,33-31-,39-37-/t50-/m1/s1. The maximum atomic E-state index is 12.7. The summed E-state index contributed by atoms with van der Waals surface area (Å²) in [4.78, 5) is 37.6. The molecule has 10 heteroatoms. The lowest BCUT2D eigenvalue weighted by Gasteiger charge is -2.28. The molecule has 0 saturated carbocycles. The van der Waals surface area contributed by atoms with Crippen LogP contribution < -0.4 is 4.89 Å². The van der Waals surface area contributed by atoms with E-state index in [1.807, 2.05) is 27.2 Å². The van der Waals surface area contributed by atoms with E-state index in [1.165, 1.54) is 128 Å². The third kappa shape index (κ3) is 47.2. The van der Waals surface area contributed by atoms with Crippen LogP contribution in [0.2, 0.25) is 0 Å². The quantitative estimate of drug-likeness (QED) is 0.0195. The number of hydrogen-bond acceptors (Lipinski definition) is 8. The Bertz CT molecular complexity index is 1240. The van der Waals surface area contributed by atoms with Gasteiger partial charge in [-0.3, -0.25) is 14.2 Å². The molecule has 0 aliphatic heterocycles. The predicted octanol–water partition coefficient (Wildman–Crippen LogP) is 14.2. The lowest BCUT2D eigenvalue weighted by Crippen LogP contribution is -2.37. The first-order valence-corrected chi connectivity index (χ1v) is 26.5. The van der Waals surface area contributed by atoms with E-state index in [1.54, 1.807) is 0 Å². The van der Waals surface area contributed by atoms with Gasteiger partial charge in [-0.25, -0.2) is 0 Å². The van der Waals surface area contributed by atoms with Crippen molar-refractivity contribution in [1.29, 1.82) is 0 Å². The Balaban J connectivity index is 4.33. The molecule has 0 aliphatic rings. The van der Waals surface area contributed by atoms with E-state index >= 15 is 0 Å². The zero-order valence-electron chi connectivity index (χ0n) is 40.6. The van der Waals surface area contributed by atoms with Gasteiger partial charge in [-0.15, -0.1) is 0 Å². The number of phosphoric acid groups is 1. The largest absolute Gasteiger partial charge is 0.756 e. The third-order valence-corrected chi connectivity index (χ3v) is 11.5. The Morgan fingerprint density at radius 2 is 0.887 bits per heavy atom. The van der Waals surface area contributed by atoms with Crippen LogP contribution in [0, 0.1) is 0 Å². The van der Waals surface area contributed by atoms with Crippen LogP contribution in [0.5, 0.6) is 0 Å². The van der Waals surface area contributed by atoms with E-state index < -0.39 is 32.5 Å². The highest BCUT2D eigenvalue weighted by Gasteiger charge is 2.21. The molecule has 0 aromatic carbocycles. The maximum Gasteiger partial charge on any atom is 0.306 e. The number of likely N-dealkylation sites (N-methyl/N-ethyl adjacent to an activating group) is 1. The summed E-state index contributed by atoms with van der Waals surface area (Å²) in [6, 6.07) is 0. The van der Waals surface area contributed by atoms with Gasteiger partial charge in [0.2, 0.25) is 0 Å². The lowest BCUT2D eigenvalue weighted by molar-refractivity contribution is -0.870. The molecule has 0 radical (unpaired) electrons. The smallest absolute Gasteiger partial charge is 0.306 e. The molecule has 0 spiro atoms. The Morgan fingerprint density at radius 3 is 1.39 bits per heavy atom. The number of ether oxygens (including phenoxy) is 2. The third-order valence-electron chi connectivity index (χ3n) is 10.5. The van der Waals surface area contributed by atoms with Gasteiger partial charge in [-0.05, 0) is 77.0 Å². The zero-order valence-corrected chi connectivity index (χ0v) is 41.4. The number of hydrogen-bond donors (Lipinski definition) is 0. The molecule has 0 aliphatic carbocycles. The number of nitrogens with zero attached hydrogens (tertiary/aromatic N) is 1. The van der Waals surface area contributed by atoms with E-state index in [0.717, 1.165) is 38.5 Å². The molecule has 0 fully saturated rings. The van der Waals surface area contributed by atoms with Crippen molar-refractivity contribution in [3.63, 3.8) is 0 Å². The number of allylic oxidation sites excluding steroid dienone is 10. The average molecular weight is 892 g/mol. The van der Waals surface area contributed by atoms with E-state index in [9.17, 15) is 19.0 Å². The van der Waals surface area contributed by atoms with Crippen molar-refractivity contribution in [3.05, 3.63) is 60.8 Å². The number of carbonyl (C=O) groups is 2. The van der Waals surface area contributed by atoms with Gasteiger partial charge in [-0.2, -0.15) is 0 Å². The van der Waals surface area contributed by atoms with Gasteiger partial charge in [0.05, 0.1) is 27.7 Å². The zero-order chi connectivity index (χ0) is 45.7. The lowest BCUT2D eigenvalue weighted by atomic mass is 10.0. The Morgan fingerprint density at radius 1 is 0.500 bits per heavy atom. The van der Waals surface area contributed by atoms with Crippen LogP contribution in [0.1, 0.15) is 206 Å². The normalized spacial score (nSPS) is 14.0. The number of esters is 2. The summed E-state index contributed by atoms with van der Waals surface area (Å²) in [5.74, 6) is -0.900. The molecule has 9 nitrogen and oxygen atoms in total. The van der Waals surface area contributed by atoms with Crippen LogP contribution in [0.3, 0.4) is 0 Å². The summed E-state index contributed by atoms with van der Waals surface area (Å²) in [5, 5.41) is 0. The summed E-state index contributed by atoms with van der Waals surface area (Å²) < 4.78 is 33.9. The Kier molecular flexibility index (Phi) is 42.3. The minimum Gasteiger partial charge on any atom is -0.756 e. The van der Waals surface area contributed by atoms with Crippen molar-refractivity contribution in [3.8, 4) is 0 Å². The van der Waals surface area contributed by atoms with Crippen molar-refractivity contribution >= 4 is 19.8 Å². The number of unbranched alkanes of at least 4 members (excludes halogenated alkanes) is 21. The van der Waals surface area contributed by atoms with Gasteiger partial charge in [0.15, 0.2) is 6.10 Å². The van der Waals surface area contributed by atoms with Crippen LogP contribution in [-0.2, 0) is 32.7 Å². The molecule has 0 aromatic rings. The molecular weight excluding hydrogens is 798 g/mol. The van der Waals surface area contributed by atoms with Gasteiger partial charge in [-0.1, -0.05) is 177 Å². The molecule has 62 heavy (non-hydrogen) atoms. The van der Waals surface area contributed by atoms with Crippen LogP contribution in [0.25, 0.3) is 0 Å². The SMILES string of the molecule is CCCCC/C=C\C/C=C\C/C=C\C/C=C\CCCC(=O)O[C@H](COC(=O)CCCCCCCCCCCCC/C=C\CCCCCCCC)COP(=O)([O-])OCC[N+](C)(C)C. The number of carbonyl (C=O) groups excluding carboxylic acids is 2. The maximum absolute atomic E-state index is 12.7. The van der Waals surface area contributed by atoms with Gasteiger partial charge in [0, 0.05) is 12.8 Å². The monoisotopic (exact) mass is 892 g/mol. The van der Waals surface area contributed by atoms with Gasteiger partial charge in [0.1, 0.15) is 19.8 Å². The van der Waals surface area contributed by atoms with Crippen LogP contribution in [0.4, 0.5) is 0 Å².